The Balaban J connectivity index is 0.000000561. The molecule has 0 saturated carbocycles. The summed E-state index contributed by atoms with van der Waals surface area (Å²) in [6.07, 6.45) is 1.32. The average Bonchev–Trinajstić information content (AvgIpc) is 2.12. The standard InChI is InChI=1S/C7H7ClFN.C2H6/c1-4-5(2)7(9)10-3-6(4)8;1-2/h3H,1-2H3;1-2H3. The second kappa shape index (κ2) is 5.09. The van der Waals surface area contributed by atoms with Crippen molar-refractivity contribution in [1.82, 2.24) is 4.98 Å². The molecule has 0 amide bonds. The maximum atomic E-state index is 12.6. The van der Waals surface area contributed by atoms with Gasteiger partial charge in [0.15, 0.2) is 0 Å². The summed E-state index contributed by atoms with van der Waals surface area (Å²) in [4.78, 5) is 3.44. The predicted octanol–water partition coefficient (Wildman–Crippen LogP) is 3.52. The van der Waals surface area contributed by atoms with Crippen LogP contribution in [0.15, 0.2) is 6.20 Å². The summed E-state index contributed by atoms with van der Waals surface area (Å²) >= 11 is 5.66. The Morgan fingerprint density at radius 2 is 1.75 bits per heavy atom. The van der Waals surface area contributed by atoms with Crippen molar-refractivity contribution in [3.8, 4) is 0 Å². The fourth-order valence-electron chi connectivity index (χ4n) is 0.641. The summed E-state index contributed by atoms with van der Waals surface area (Å²) in [5.74, 6) is -0.443. The van der Waals surface area contributed by atoms with Crippen LogP contribution in [0.25, 0.3) is 0 Å². The average molecular weight is 190 g/mol. The maximum absolute atomic E-state index is 12.6. The molecule has 0 aliphatic carbocycles. The first-order valence-corrected chi connectivity index (χ1v) is 4.28. The minimum Gasteiger partial charge on any atom is -0.227 e. The number of halogens is 2. The molecular weight excluding hydrogens is 177 g/mol. The molecule has 1 nitrogen and oxygen atoms in total. The molecule has 0 atom stereocenters. The summed E-state index contributed by atoms with van der Waals surface area (Å²) in [7, 11) is 0. The quantitative estimate of drug-likeness (QED) is 0.569. The molecule has 12 heavy (non-hydrogen) atoms. The molecular formula is C9H13ClFN. The van der Waals surface area contributed by atoms with Gasteiger partial charge in [-0.1, -0.05) is 25.4 Å². The van der Waals surface area contributed by atoms with Crippen LogP contribution in [0.5, 0.6) is 0 Å². The van der Waals surface area contributed by atoms with Gasteiger partial charge < -0.3 is 0 Å². The van der Waals surface area contributed by atoms with Gasteiger partial charge in [0.2, 0.25) is 5.95 Å². The van der Waals surface area contributed by atoms with Crippen LogP contribution >= 0.6 is 11.6 Å². The predicted molar refractivity (Wildman–Crippen MR) is 50.0 cm³/mol. The van der Waals surface area contributed by atoms with E-state index in [1.54, 1.807) is 13.8 Å². The lowest BCUT2D eigenvalue weighted by atomic mass is 10.2. The largest absolute Gasteiger partial charge is 0.227 e. The number of hydrogen-bond acceptors (Lipinski definition) is 1. The van der Waals surface area contributed by atoms with Crippen LogP contribution in [0.4, 0.5) is 4.39 Å². The van der Waals surface area contributed by atoms with Gasteiger partial charge in [-0.3, -0.25) is 0 Å². The molecule has 3 heteroatoms. The van der Waals surface area contributed by atoms with Crippen LogP contribution in [-0.2, 0) is 0 Å². The lowest BCUT2D eigenvalue weighted by molar-refractivity contribution is 0.573. The van der Waals surface area contributed by atoms with E-state index >= 15 is 0 Å². The van der Waals surface area contributed by atoms with E-state index < -0.39 is 5.95 Å². The Morgan fingerprint density at radius 3 is 2.17 bits per heavy atom. The third kappa shape index (κ3) is 2.45. The Bertz CT molecular complexity index is 234. The molecule has 0 N–H and O–H groups in total. The molecule has 1 heterocycles. The van der Waals surface area contributed by atoms with Crippen LogP contribution in [0.2, 0.25) is 5.02 Å². The summed E-state index contributed by atoms with van der Waals surface area (Å²) < 4.78 is 12.6. The van der Waals surface area contributed by atoms with Crippen molar-refractivity contribution in [2.24, 2.45) is 0 Å². The Kier molecular flexibility index (Phi) is 4.83. The number of pyridine rings is 1. The van der Waals surface area contributed by atoms with E-state index in [0.717, 1.165) is 5.56 Å². The van der Waals surface area contributed by atoms with Crippen molar-refractivity contribution < 1.29 is 4.39 Å². The zero-order chi connectivity index (χ0) is 9.72. The van der Waals surface area contributed by atoms with E-state index in [0.29, 0.717) is 10.6 Å². The van der Waals surface area contributed by atoms with Gasteiger partial charge >= 0.3 is 0 Å². The Morgan fingerprint density at radius 1 is 1.25 bits per heavy atom. The zero-order valence-corrected chi connectivity index (χ0v) is 8.54. The minimum absolute atomic E-state index is 0.443. The first-order chi connectivity index (χ1) is 5.63. The van der Waals surface area contributed by atoms with Gasteiger partial charge in [0.1, 0.15) is 0 Å². The lowest BCUT2D eigenvalue weighted by Gasteiger charge is -2.00. The van der Waals surface area contributed by atoms with Crippen LogP contribution in [0.3, 0.4) is 0 Å². The fraction of sp³-hybridized carbons (Fsp3) is 0.444. The topological polar surface area (TPSA) is 12.9 Å². The van der Waals surface area contributed by atoms with Gasteiger partial charge in [-0.2, -0.15) is 4.39 Å². The molecule has 68 valence electrons. The van der Waals surface area contributed by atoms with Crippen LogP contribution in [-0.4, -0.2) is 4.98 Å². The number of rotatable bonds is 0. The summed E-state index contributed by atoms with van der Waals surface area (Å²) in [5.41, 5.74) is 1.28. The van der Waals surface area contributed by atoms with Gasteiger partial charge in [-0.05, 0) is 19.4 Å². The number of aromatic nitrogens is 1. The van der Waals surface area contributed by atoms with E-state index in [1.165, 1.54) is 6.20 Å². The highest BCUT2D eigenvalue weighted by Crippen LogP contribution is 2.18. The van der Waals surface area contributed by atoms with Gasteiger partial charge in [-0.25, -0.2) is 4.98 Å². The third-order valence-electron chi connectivity index (χ3n) is 1.52. The second-order valence-electron chi connectivity index (χ2n) is 2.15. The van der Waals surface area contributed by atoms with Crippen molar-refractivity contribution >= 4 is 11.6 Å². The highest BCUT2D eigenvalue weighted by Gasteiger charge is 2.03. The van der Waals surface area contributed by atoms with Crippen LogP contribution < -0.4 is 0 Å². The van der Waals surface area contributed by atoms with E-state index in [4.69, 9.17) is 11.6 Å². The minimum atomic E-state index is -0.443. The molecule has 0 saturated heterocycles. The van der Waals surface area contributed by atoms with Crippen molar-refractivity contribution in [2.75, 3.05) is 0 Å². The van der Waals surface area contributed by atoms with Gasteiger partial charge in [0.25, 0.3) is 0 Å². The molecule has 1 aromatic rings. The van der Waals surface area contributed by atoms with Crippen molar-refractivity contribution in [3.63, 3.8) is 0 Å². The van der Waals surface area contributed by atoms with Gasteiger partial charge in [-0.15, -0.1) is 0 Å². The van der Waals surface area contributed by atoms with Gasteiger partial charge in [0.05, 0.1) is 5.02 Å². The molecule has 0 fully saturated rings. The van der Waals surface area contributed by atoms with Crippen molar-refractivity contribution in [1.29, 1.82) is 0 Å². The normalized spacial score (nSPS) is 8.83. The molecule has 0 unspecified atom stereocenters. The zero-order valence-electron chi connectivity index (χ0n) is 7.78. The van der Waals surface area contributed by atoms with Crippen LogP contribution in [0, 0.1) is 19.8 Å². The molecule has 0 spiro atoms. The maximum Gasteiger partial charge on any atom is 0.216 e. The highest BCUT2D eigenvalue weighted by molar-refractivity contribution is 6.31. The lowest BCUT2D eigenvalue weighted by Crippen LogP contribution is -1.91. The molecule has 0 aliphatic rings. The van der Waals surface area contributed by atoms with Gasteiger partial charge in [0, 0.05) is 11.8 Å². The summed E-state index contributed by atoms with van der Waals surface area (Å²) in [6, 6.07) is 0. The SMILES string of the molecule is CC.Cc1c(Cl)cnc(F)c1C. The Labute approximate surface area is 77.6 Å². The van der Waals surface area contributed by atoms with Crippen molar-refractivity contribution in [3.05, 3.63) is 28.3 Å². The van der Waals surface area contributed by atoms with E-state index in [2.05, 4.69) is 4.98 Å². The summed E-state index contributed by atoms with van der Waals surface area (Å²) in [5, 5.41) is 0.513. The molecule has 1 aromatic heterocycles. The molecule has 1 rings (SSSR count). The second-order valence-corrected chi connectivity index (χ2v) is 2.55. The van der Waals surface area contributed by atoms with E-state index in [1.807, 2.05) is 13.8 Å². The Hall–Kier alpha value is -0.630. The highest BCUT2D eigenvalue weighted by atomic mass is 35.5. The fourth-order valence-corrected chi connectivity index (χ4v) is 0.831. The molecule has 0 aromatic carbocycles. The first-order valence-electron chi connectivity index (χ1n) is 3.90. The molecule has 0 bridgehead atoms. The third-order valence-corrected chi connectivity index (χ3v) is 1.90. The van der Waals surface area contributed by atoms with Crippen molar-refractivity contribution in [2.45, 2.75) is 27.7 Å². The molecule has 0 radical (unpaired) electrons. The summed E-state index contributed by atoms with van der Waals surface area (Å²) in [6.45, 7) is 7.42. The van der Waals surface area contributed by atoms with E-state index in [-0.39, 0.29) is 0 Å². The van der Waals surface area contributed by atoms with E-state index in [9.17, 15) is 4.39 Å². The number of hydrogen-bond donors (Lipinski definition) is 0. The molecule has 0 aliphatic heterocycles. The monoisotopic (exact) mass is 189 g/mol. The first kappa shape index (κ1) is 11.4. The van der Waals surface area contributed by atoms with Crippen LogP contribution in [0.1, 0.15) is 25.0 Å². The number of nitrogens with zero attached hydrogens (tertiary/aromatic N) is 1. The smallest absolute Gasteiger partial charge is 0.216 e.